The maximum Gasteiger partial charge on any atom is 0.416 e. The van der Waals surface area contributed by atoms with E-state index < -0.39 is 17.7 Å². The Morgan fingerprint density at radius 2 is 2.00 bits per heavy atom. The molecule has 0 atom stereocenters. The van der Waals surface area contributed by atoms with E-state index in [0.29, 0.717) is 0 Å². The SMILES string of the molecule is C/C(=C\c1cc(C(F)(F)F)ccc1Cl)C(=O)O. The van der Waals surface area contributed by atoms with Gasteiger partial charge in [-0.1, -0.05) is 11.6 Å². The van der Waals surface area contributed by atoms with Crippen molar-refractivity contribution in [1.82, 2.24) is 0 Å². The first-order chi connectivity index (χ1) is 7.71. The van der Waals surface area contributed by atoms with Crippen LogP contribution in [0.1, 0.15) is 18.1 Å². The summed E-state index contributed by atoms with van der Waals surface area (Å²) in [5.74, 6) is -1.21. The third-order valence-electron chi connectivity index (χ3n) is 2.03. The molecule has 6 heteroatoms. The van der Waals surface area contributed by atoms with Gasteiger partial charge in [0.25, 0.3) is 0 Å². The zero-order valence-electron chi connectivity index (χ0n) is 8.68. The molecule has 0 aliphatic rings. The Kier molecular flexibility index (Phi) is 3.83. The molecule has 1 aromatic carbocycles. The fourth-order valence-electron chi connectivity index (χ4n) is 1.13. The maximum atomic E-state index is 12.4. The maximum absolute atomic E-state index is 12.4. The molecule has 0 unspecified atom stereocenters. The van der Waals surface area contributed by atoms with E-state index in [4.69, 9.17) is 16.7 Å². The van der Waals surface area contributed by atoms with Crippen molar-refractivity contribution in [2.75, 3.05) is 0 Å². The molecule has 1 N–H and O–H groups in total. The Morgan fingerprint density at radius 1 is 1.41 bits per heavy atom. The number of aliphatic carboxylic acids is 1. The van der Waals surface area contributed by atoms with Crippen molar-refractivity contribution >= 4 is 23.6 Å². The fraction of sp³-hybridized carbons (Fsp3) is 0.182. The molecule has 0 saturated carbocycles. The first-order valence-electron chi connectivity index (χ1n) is 4.50. The Balaban J connectivity index is 3.25. The van der Waals surface area contributed by atoms with Gasteiger partial charge in [-0.25, -0.2) is 4.79 Å². The number of carboxylic acid groups (broad SMARTS) is 1. The van der Waals surface area contributed by atoms with Gasteiger partial charge in [0, 0.05) is 10.6 Å². The molecule has 0 fully saturated rings. The number of carboxylic acids is 1. The molecule has 92 valence electrons. The Morgan fingerprint density at radius 3 is 2.47 bits per heavy atom. The second-order valence-corrected chi connectivity index (χ2v) is 3.77. The molecule has 2 nitrogen and oxygen atoms in total. The van der Waals surface area contributed by atoms with E-state index >= 15 is 0 Å². The highest BCUT2D eigenvalue weighted by atomic mass is 35.5. The molecule has 0 amide bonds. The number of carbonyl (C=O) groups is 1. The van der Waals surface area contributed by atoms with Gasteiger partial charge in [-0.05, 0) is 36.8 Å². The lowest BCUT2D eigenvalue weighted by Gasteiger charge is -2.08. The van der Waals surface area contributed by atoms with Gasteiger partial charge in [0.2, 0.25) is 0 Å². The van der Waals surface area contributed by atoms with Crippen LogP contribution in [0.15, 0.2) is 23.8 Å². The predicted molar refractivity (Wildman–Crippen MR) is 57.7 cm³/mol. The topological polar surface area (TPSA) is 37.3 Å². The van der Waals surface area contributed by atoms with Crippen molar-refractivity contribution in [1.29, 1.82) is 0 Å². The van der Waals surface area contributed by atoms with Crippen LogP contribution in [0.5, 0.6) is 0 Å². The molecular weight excluding hydrogens is 257 g/mol. The summed E-state index contributed by atoms with van der Waals surface area (Å²) < 4.78 is 37.2. The highest BCUT2D eigenvalue weighted by Crippen LogP contribution is 2.32. The average Bonchev–Trinajstić information content (AvgIpc) is 2.19. The summed E-state index contributed by atoms with van der Waals surface area (Å²) in [4.78, 5) is 10.6. The zero-order valence-corrected chi connectivity index (χ0v) is 9.43. The smallest absolute Gasteiger partial charge is 0.416 e. The number of alkyl halides is 3. The fourth-order valence-corrected chi connectivity index (χ4v) is 1.30. The van der Waals surface area contributed by atoms with Gasteiger partial charge in [0.15, 0.2) is 0 Å². The summed E-state index contributed by atoms with van der Waals surface area (Å²) in [5, 5.41) is 8.70. The standard InChI is InChI=1S/C11H8ClF3O2/c1-6(10(16)17)4-7-5-8(11(13,14)15)2-3-9(7)12/h2-5H,1H3,(H,16,17)/b6-4+. The molecule has 0 heterocycles. The summed E-state index contributed by atoms with van der Waals surface area (Å²) in [6.07, 6.45) is -3.38. The lowest BCUT2D eigenvalue weighted by atomic mass is 10.1. The lowest BCUT2D eigenvalue weighted by molar-refractivity contribution is -0.137. The van der Waals surface area contributed by atoms with E-state index in [1.165, 1.54) is 6.92 Å². The van der Waals surface area contributed by atoms with E-state index in [2.05, 4.69) is 0 Å². The number of halogens is 4. The molecule has 0 aliphatic carbocycles. The van der Waals surface area contributed by atoms with Crippen LogP contribution in [0.3, 0.4) is 0 Å². The van der Waals surface area contributed by atoms with Crippen molar-refractivity contribution in [3.05, 3.63) is 39.9 Å². The molecule has 0 aliphatic heterocycles. The minimum absolute atomic E-state index is 0.0291. The van der Waals surface area contributed by atoms with Crippen LogP contribution in [0, 0.1) is 0 Å². The van der Waals surface area contributed by atoms with Crippen LogP contribution < -0.4 is 0 Å². The van der Waals surface area contributed by atoms with Crippen LogP contribution in [0.2, 0.25) is 5.02 Å². The molecule has 0 saturated heterocycles. The number of rotatable bonds is 2. The monoisotopic (exact) mass is 264 g/mol. The number of hydrogen-bond donors (Lipinski definition) is 1. The summed E-state index contributed by atoms with van der Waals surface area (Å²) in [5.41, 5.74) is -0.932. The molecule has 0 spiro atoms. The van der Waals surface area contributed by atoms with Crippen molar-refractivity contribution in [2.24, 2.45) is 0 Å². The van der Waals surface area contributed by atoms with Crippen LogP contribution in [0.25, 0.3) is 6.08 Å². The third-order valence-corrected chi connectivity index (χ3v) is 2.38. The van der Waals surface area contributed by atoms with Gasteiger partial charge < -0.3 is 5.11 Å². The quantitative estimate of drug-likeness (QED) is 0.824. The van der Waals surface area contributed by atoms with Gasteiger partial charge in [-0.3, -0.25) is 0 Å². The van der Waals surface area contributed by atoms with Crippen LogP contribution in [-0.2, 0) is 11.0 Å². The van der Waals surface area contributed by atoms with Gasteiger partial charge in [-0.2, -0.15) is 13.2 Å². The van der Waals surface area contributed by atoms with Gasteiger partial charge >= 0.3 is 12.1 Å². The molecular formula is C11H8ClF3O2. The molecule has 1 aromatic rings. The second kappa shape index (κ2) is 4.79. The van der Waals surface area contributed by atoms with E-state index in [1.807, 2.05) is 0 Å². The number of hydrogen-bond acceptors (Lipinski definition) is 1. The summed E-state index contributed by atoms with van der Waals surface area (Å²) in [6.45, 7) is 1.28. The largest absolute Gasteiger partial charge is 0.478 e. The molecule has 0 radical (unpaired) electrons. The Hall–Kier alpha value is -1.49. The van der Waals surface area contributed by atoms with Crippen molar-refractivity contribution < 1.29 is 23.1 Å². The first kappa shape index (κ1) is 13.6. The third kappa shape index (κ3) is 3.49. The summed E-state index contributed by atoms with van der Waals surface area (Å²) >= 11 is 5.69. The Bertz CT molecular complexity index is 478. The van der Waals surface area contributed by atoms with E-state index in [0.717, 1.165) is 24.3 Å². The summed E-state index contributed by atoms with van der Waals surface area (Å²) in [7, 11) is 0. The van der Waals surface area contributed by atoms with Crippen molar-refractivity contribution in [3.63, 3.8) is 0 Å². The first-order valence-corrected chi connectivity index (χ1v) is 4.88. The highest BCUT2D eigenvalue weighted by molar-refractivity contribution is 6.32. The van der Waals surface area contributed by atoms with Crippen LogP contribution in [-0.4, -0.2) is 11.1 Å². The van der Waals surface area contributed by atoms with E-state index in [1.54, 1.807) is 0 Å². The lowest BCUT2D eigenvalue weighted by Crippen LogP contribution is -2.05. The molecule has 0 bridgehead atoms. The average molecular weight is 265 g/mol. The van der Waals surface area contributed by atoms with Crippen molar-refractivity contribution in [2.45, 2.75) is 13.1 Å². The van der Waals surface area contributed by atoms with Crippen molar-refractivity contribution in [3.8, 4) is 0 Å². The number of benzene rings is 1. The minimum atomic E-state index is -4.48. The van der Waals surface area contributed by atoms with E-state index in [-0.39, 0.29) is 16.2 Å². The second-order valence-electron chi connectivity index (χ2n) is 3.37. The molecule has 0 aromatic heterocycles. The normalized spacial score (nSPS) is 12.6. The molecule has 1 rings (SSSR count). The minimum Gasteiger partial charge on any atom is -0.478 e. The van der Waals surface area contributed by atoms with Gasteiger partial charge in [-0.15, -0.1) is 0 Å². The predicted octanol–water partition coefficient (Wildman–Crippen LogP) is 3.85. The zero-order chi connectivity index (χ0) is 13.2. The Labute approximate surface area is 100 Å². The van der Waals surface area contributed by atoms with Gasteiger partial charge in [0.1, 0.15) is 0 Å². The van der Waals surface area contributed by atoms with Crippen LogP contribution in [0.4, 0.5) is 13.2 Å². The van der Waals surface area contributed by atoms with Gasteiger partial charge in [0.05, 0.1) is 5.56 Å². The highest BCUT2D eigenvalue weighted by Gasteiger charge is 2.30. The van der Waals surface area contributed by atoms with E-state index in [9.17, 15) is 18.0 Å². The van der Waals surface area contributed by atoms with Crippen LogP contribution >= 0.6 is 11.6 Å². The summed E-state index contributed by atoms with van der Waals surface area (Å²) in [6, 6.07) is 2.75. The molecule has 17 heavy (non-hydrogen) atoms.